The second-order valence-electron chi connectivity index (χ2n) is 7.99. The van der Waals surface area contributed by atoms with Crippen LogP contribution in [-0.2, 0) is 4.79 Å². The van der Waals surface area contributed by atoms with Crippen molar-refractivity contribution in [3.8, 4) is 0 Å². The summed E-state index contributed by atoms with van der Waals surface area (Å²) in [5.74, 6) is 1.78. The molecule has 1 aliphatic heterocycles. The predicted octanol–water partition coefficient (Wildman–Crippen LogP) is 5.23. The molecular weight excluding hydrogens is 308 g/mol. The second-order valence-corrected chi connectivity index (χ2v) is 7.99. The lowest BCUT2D eigenvalue weighted by molar-refractivity contribution is -0.132. The molecule has 2 aromatic rings. The topological polar surface area (TPSA) is 36.1 Å². The minimum Gasteiger partial charge on any atom is -0.361 e. The zero-order chi connectivity index (χ0) is 17.1. The number of hydrogen-bond acceptors (Lipinski definition) is 1. The highest BCUT2D eigenvalue weighted by Gasteiger charge is 2.25. The molecule has 1 aromatic carbocycles. The lowest BCUT2D eigenvalue weighted by atomic mass is 9.85. The SMILES string of the molecule is O=C(CCC1CCCCC1)N1CCC(c2c[nH]c3ccccc23)CC1. The van der Waals surface area contributed by atoms with Crippen LogP contribution >= 0.6 is 0 Å². The van der Waals surface area contributed by atoms with Crippen LogP contribution in [0.2, 0.25) is 0 Å². The molecule has 1 amide bonds. The van der Waals surface area contributed by atoms with Crippen molar-refractivity contribution in [2.24, 2.45) is 5.92 Å². The first kappa shape index (κ1) is 16.7. The Morgan fingerprint density at radius 2 is 1.80 bits per heavy atom. The molecule has 2 aliphatic rings. The fraction of sp³-hybridized carbons (Fsp3) is 0.591. The van der Waals surface area contributed by atoms with Crippen molar-refractivity contribution in [2.45, 2.75) is 63.7 Å². The summed E-state index contributed by atoms with van der Waals surface area (Å²) in [6.07, 6.45) is 13.1. The number of nitrogens with zero attached hydrogens (tertiary/aromatic N) is 1. The summed E-state index contributed by atoms with van der Waals surface area (Å²) in [4.78, 5) is 18.1. The number of H-pyrrole nitrogens is 1. The van der Waals surface area contributed by atoms with Crippen molar-refractivity contribution >= 4 is 16.8 Å². The average Bonchev–Trinajstić information content (AvgIpc) is 3.11. The number of rotatable bonds is 4. The molecule has 0 spiro atoms. The van der Waals surface area contributed by atoms with Gasteiger partial charge in [0.2, 0.25) is 5.91 Å². The lowest BCUT2D eigenvalue weighted by Crippen LogP contribution is -2.38. The summed E-state index contributed by atoms with van der Waals surface area (Å²) in [6.45, 7) is 1.85. The van der Waals surface area contributed by atoms with E-state index in [-0.39, 0.29) is 0 Å². The summed E-state index contributed by atoms with van der Waals surface area (Å²) in [5, 5.41) is 1.35. The van der Waals surface area contributed by atoms with Crippen LogP contribution in [0.4, 0.5) is 0 Å². The van der Waals surface area contributed by atoms with Gasteiger partial charge in [-0.15, -0.1) is 0 Å². The van der Waals surface area contributed by atoms with E-state index in [1.165, 1.54) is 48.6 Å². The van der Waals surface area contributed by atoms with E-state index >= 15 is 0 Å². The van der Waals surface area contributed by atoms with Gasteiger partial charge in [0.05, 0.1) is 0 Å². The Balaban J connectivity index is 1.29. The number of aromatic nitrogens is 1. The molecule has 1 aromatic heterocycles. The van der Waals surface area contributed by atoms with Gasteiger partial charge >= 0.3 is 0 Å². The number of fused-ring (bicyclic) bond motifs is 1. The highest BCUT2D eigenvalue weighted by Crippen LogP contribution is 2.33. The maximum atomic E-state index is 12.6. The molecule has 0 atom stereocenters. The maximum Gasteiger partial charge on any atom is 0.222 e. The molecule has 0 bridgehead atoms. The lowest BCUT2D eigenvalue weighted by Gasteiger charge is -2.32. The molecule has 1 aliphatic carbocycles. The molecule has 0 unspecified atom stereocenters. The predicted molar refractivity (Wildman–Crippen MR) is 103 cm³/mol. The number of para-hydroxylation sites is 1. The Kier molecular flexibility index (Phi) is 5.09. The van der Waals surface area contributed by atoms with Crippen LogP contribution < -0.4 is 0 Å². The van der Waals surface area contributed by atoms with E-state index in [0.29, 0.717) is 11.8 Å². The second kappa shape index (κ2) is 7.63. The standard InChI is InChI=1S/C22H30N2O/c25-22(11-10-17-6-2-1-3-7-17)24-14-12-18(13-15-24)20-16-23-21-9-5-4-8-19(20)21/h4-5,8-9,16-18,23H,1-3,6-7,10-15H2. The third kappa shape index (κ3) is 3.75. The van der Waals surface area contributed by atoms with Gasteiger partial charge in [0.15, 0.2) is 0 Å². The summed E-state index contributed by atoms with van der Waals surface area (Å²) in [7, 11) is 0. The van der Waals surface area contributed by atoms with Gasteiger partial charge < -0.3 is 9.88 Å². The largest absolute Gasteiger partial charge is 0.361 e. The summed E-state index contributed by atoms with van der Waals surface area (Å²) >= 11 is 0. The highest BCUT2D eigenvalue weighted by molar-refractivity contribution is 5.83. The molecule has 0 radical (unpaired) electrons. The third-order valence-corrected chi connectivity index (χ3v) is 6.40. The fourth-order valence-corrected chi connectivity index (χ4v) is 4.83. The molecule has 4 rings (SSSR count). The van der Waals surface area contributed by atoms with Gasteiger partial charge in [-0.05, 0) is 42.7 Å². The molecule has 1 N–H and O–H groups in total. The van der Waals surface area contributed by atoms with Gasteiger partial charge in [-0.3, -0.25) is 4.79 Å². The van der Waals surface area contributed by atoms with Crippen LogP contribution in [0.15, 0.2) is 30.5 Å². The Morgan fingerprint density at radius 1 is 1.04 bits per heavy atom. The molecule has 2 heterocycles. The number of benzene rings is 1. The Morgan fingerprint density at radius 3 is 2.60 bits per heavy atom. The molecule has 134 valence electrons. The quantitative estimate of drug-likeness (QED) is 0.813. The summed E-state index contributed by atoms with van der Waals surface area (Å²) in [5.41, 5.74) is 2.66. The summed E-state index contributed by atoms with van der Waals surface area (Å²) in [6, 6.07) is 8.55. The van der Waals surface area contributed by atoms with Crippen molar-refractivity contribution in [2.75, 3.05) is 13.1 Å². The van der Waals surface area contributed by atoms with Gasteiger partial charge in [-0.2, -0.15) is 0 Å². The van der Waals surface area contributed by atoms with E-state index in [2.05, 4.69) is 40.3 Å². The molecule has 3 nitrogen and oxygen atoms in total. The normalized spacial score (nSPS) is 20.2. The Hall–Kier alpha value is -1.77. The van der Waals surface area contributed by atoms with Crippen molar-refractivity contribution in [1.82, 2.24) is 9.88 Å². The van der Waals surface area contributed by atoms with Crippen LogP contribution in [0.3, 0.4) is 0 Å². The van der Waals surface area contributed by atoms with Crippen LogP contribution in [0.25, 0.3) is 10.9 Å². The molecular formula is C22H30N2O. The van der Waals surface area contributed by atoms with Gasteiger partial charge in [-0.1, -0.05) is 50.3 Å². The van der Waals surface area contributed by atoms with Crippen LogP contribution in [0, 0.1) is 5.92 Å². The zero-order valence-corrected chi connectivity index (χ0v) is 15.2. The van der Waals surface area contributed by atoms with Crippen LogP contribution in [0.5, 0.6) is 0 Å². The van der Waals surface area contributed by atoms with Crippen molar-refractivity contribution in [3.63, 3.8) is 0 Å². The maximum absolute atomic E-state index is 12.6. The minimum atomic E-state index is 0.392. The molecule has 2 fully saturated rings. The monoisotopic (exact) mass is 338 g/mol. The minimum absolute atomic E-state index is 0.392. The number of piperidine rings is 1. The number of carbonyl (C=O) groups excluding carboxylic acids is 1. The van der Waals surface area contributed by atoms with E-state index < -0.39 is 0 Å². The van der Waals surface area contributed by atoms with Gasteiger partial charge in [0.1, 0.15) is 0 Å². The highest BCUT2D eigenvalue weighted by atomic mass is 16.2. The van der Waals surface area contributed by atoms with E-state index in [1.807, 2.05) is 0 Å². The van der Waals surface area contributed by atoms with Crippen LogP contribution in [0.1, 0.15) is 69.3 Å². The average molecular weight is 338 g/mol. The molecule has 1 saturated heterocycles. The number of carbonyl (C=O) groups is 1. The number of aromatic amines is 1. The van der Waals surface area contributed by atoms with Crippen molar-refractivity contribution in [1.29, 1.82) is 0 Å². The summed E-state index contributed by atoms with van der Waals surface area (Å²) < 4.78 is 0. The van der Waals surface area contributed by atoms with Crippen LogP contribution in [-0.4, -0.2) is 28.9 Å². The number of amides is 1. The Labute approximate surface area is 150 Å². The van der Waals surface area contributed by atoms with Gasteiger partial charge in [-0.25, -0.2) is 0 Å². The van der Waals surface area contributed by atoms with Gasteiger partial charge in [0, 0.05) is 36.6 Å². The molecule has 3 heteroatoms. The van der Waals surface area contributed by atoms with E-state index in [4.69, 9.17) is 0 Å². The van der Waals surface area contributed by atoms with Crippen molar-refractivity contribution in [3.05, 3.63) is 36.0 Å². The molecule has 1 saturated carbocycles. The molecule has 25 heavy (non-hydrogen) atoms. The first-order chi connectivity index (χ1) is 12.3. The van der Waals surface area contributed by atoms with Crippen molar-refractivity contribution < 1.29 is 4.79 Å². The smallest absolute Gasteiger partial charge is 0.222 e. The number of nitrogens with one attached hydrogen (secondary N) is 1. The number of hydrogen-bond donors (Lipinski definition) is 1. The fourth-order valence-electron chi connectivity index (χ4n) is 4.83. The first-order valence-corrected chi connectivity index (χ1v) is 10.1. The van der Waals surface area contributed by atoms with E-state index in [1.54, 1.807) is 0 Å². The van der Waals surface area contributed by atoms with E-state index in [0.717, 1.165) is 44.7 Å². The third-order valence-electron chi connectivity index (χ3n) is 6.40. The van der Waals surface area contributed by atoms with E-state index in [9.17, 15) is 4.79 Å². The first-order valence-electron chi connectivity index (χ1n) is 10.1. The Bertz CT molecular complexity index is 706. The van der Waals surface area contributed by atoms with Gasteiger partial charge in [0.25, 0.3) is 0 Å². The zero-order valence-electron chi connectivity index (χ0n) is 15.2. The number of likely N-dealkylation sites (tertiary alicyclic amines) is 1.